The summed E-state index contributed by atoms with van der Waals surface area (Å²) in [6.07, 6.45) is 8.99. The van der Waals surface area contributed by atoms with Crippen LogP contribution in [0.25, 0.3) is 0 Å². The number of fused-ring (bicyclic) bond motifs is 1. The number of nitrogens with zero attached hydrogens (tertiary/aromatic N) is 1. The Morgan fingerprint density at radius 2 is 1.96 bits per heavy atom. The van der Waals surface area contributed by atoms with Crippen molar-refractivity contribution in [2.45, 2.75) is 44.9 Å². The normalized spacial score (nSPS) is 23.0. The van der Waals surface area contributed by atoms with Gasteiger partial charge in [-0.2, -0.15) is 0 Å². The molecule has 0 aromatic heterocycles. The second-order valence-electron chi connectivity index (χ2n) is 8.32. The first-order valence-corrected chi connectivity index (χ1v) is 12.1. The van der Waals surface area contributed by atoms with Crippen molar-refractivity contribution in [3.63, 3.8) is 0 Å². The molecule has 2 N–H and O–H groups in total. The maximum absolute atomic E-state index is 11.7. The summed E-state index contributed by atoms with van der Waals surface area (Å²) in [7, 11) is -1.32. The molecule has 2 aliphatic rings. The molecule has 1 aromatic carbocycles. The van der Waals surface area contributed by atoms with Crippen LogP contribution in [0, 0.1) is 17.8 Å². The van der Waals surface area contributed by atoms with Crippen molar-refractivity contribution in [3.8, 4) is 5.75 Å². The standard InChI is InChI=1S/C21H34N2O3S/c1-26-21-6-5-17-3-4-18(14-20(17)15-21)19(7-10-22)13-16-8-11-23(12-9-16)27(2,24)25/h5-6,15-16,18-19H,3-4,7-14,22H2,1-2H3. The van der Waals surface area contributed by atoms with E-state index in [9.17, 15) is 8.42 Å². The Labute approximate surface area is 164 Å². The van der Waals surface area contributed by atoms with E-state index in [-0.39, 0.29) is 0 Å². The van der Waals surface area contributed by atoms with E-state index in [4.69, 9.17) is 10.5 Å². The van der Waals surface area contributed by atoms with Crippen LogP contribution in [0.3, 0.4) is 0 Å². The first-order valence-electron chi connectivity index (χ1n) is 10.2. The Kier molecular flexibility index (Phi) is 6.82. The van der Waals surface area contributed by atoms with Crippen molar-refractivity contribution in [1.29, 1.82) is 0 Å². The molecule has 0 radical (unpaired) electrons. The van der Waals surface area contributed by atoms with Gasteiger partial charge in [0.25, 0.3) is 0 Å². The van der Waals surface area contributed by atoms with Crippen molar-refractivity contribution in [3.05, 3.63) is 29.3 Å². The van der Waals surface area contributed by atoms with Gasteiger partial charge in [-0.1, -0.05) is 6.07 Å². The van der Waals surface area contributed by atoms with Crippen LogP contribution in [0.1, 0.15) is 43.2 Å². The Morgan fingerprint density at radius 1 is 1.22 bits per heavy atom. The fourth-order valence-corrected chi connectivity index (χ4v) is 5.83. The van der Waals surface area contributed by atoms with Crippen molar-refractivity contribution >= 4 is 10.0 Å². The number of hydrogen-bond donors (Lipinski definition) is 1. The third kappa shape index (κ3) is 5.24. The zero-order chi connectivity index (χ0) is 19.4. The van der Waals surface area contributed by atoms with Crippen LogP contribution in [-0.4, -0.2) is 45.7 Å². The monoisotopic (exact) mass is 394 g/mol. The molecule has 6 heteroatoms. The van der Waals surface area contributed by atoms with Gasteiger partial charge in [0.15, 0.2) is 0 Å². The first kappa shape index (κ1) is 20.6. The zero-order valence-corrected chi connectivity index (χ0v) is 17.5. The minimum Gasteiger partial charge on any atom is -0.497 e. The van der Waals surface area contributed by atoms with Gasteiger partial charge in [0, 0.05) is 13.1 Å². The van der Waals surface area contributed by atoms with Gasteiger partial charge >= 0.3 is 0 Å². The largest absolute Gasteiger partial charge is 0.497 e. The Balaban J connectivity index is 1.62. The third-order valence-electron chi connectivity index (χ3n) is 6.56. The van der Waals surface area contributed by atoms with Gasteiger partial charge in [-0.25, -0.2) is 12.7 Å². The summed E-state index contributed by atoms with van der Waals surface area (Å²) in [6.45, 7) is 2.07. The zero-order valence-electron chi connectivity index (χ0n) is 16.7. The van der Waals surface area contributed by atoms with Gasteiger partial charge in [-0.15, -0.1) is 0 Å². The minimum atomic E-state index is -3.05. The van der Waals surface area contributed by atoms with Gasteiger partial charge in [0.1, 0.15) is 5.75 Å². The Bertz CT molecular complexity index is 727. The van der Waals surface area contributed by atoms with Crippen molar-refractivity contribution in [1.82, 2.24) is 4.31 Å². The summed E-state index contributed by atoms with van der Waals surface area (Å²) in [5.41, 5.74) is 8.84. The van der Waals surface area contributed by atoms with E-state index >= 15 is 0 Å². The van der Waals surface area contributed by atoms with E-state index in [0.717, 1.165) is 44.4 Å². The van der Waals surface area contributed by atoms with E-state index in [1.165, 1.54) is 30.2 Å². The lowest BCUT2D eigenvalue weighted by Gasteiger charge is -2.36. The van der Waals surface area contributed by atoms with Gasteiger partial charge in [0.2, 0.25) is 10.0 Å². The van der Waals surface area contributed by atoms with E-state index < -0.39 is 10.0 Å². The highest BCUT2D eigenvalue weighted by Gasteiger charge is 2.31. The van der Waals surface area contributed by atoms with E-state index in [2.05, 4.69) is 18.2 Å². The van der Waals surface area contributed by atoms with Gasteiger partial charge in [0.05, 0.1) is 13.4 Å². The summed E-state index contributed by atoms with van der Waals surface area (Å²) in [5.74, 6) is 2.86. The molecule has 152 valence electrons. The van der Waals surface area contributed by atoms with Gasteiger partial charge < -0.3 is 10.5 Å². The Hall–Kier alpha value is -1.11. The smallest absolute Gasteiger partial charge is 0.211 e. The summed E-state index contributed by atoms with van der Waals surface area (Å²) in [4.78, 5) is 0. The van der Waals surface area contributed by atoms with E-state index in [0.29, 0.717) is 30.8 Å². The van der Waals surface area contributed by atoms with Crippen molar-refractivity contribution in [2.24, 2.45) is 23.5 Å². The number of methoxy groups -OCH3 is 1. The van der Waals surface area contributed by atoms with Gasteiger partial charge in [-0.3, -0.25) is 0 Å². The number of sulfonamides is 1. The molecule has 1 aliphatic heterocycles. The highest BCUT2D eigenvalue weighted by Crippen LogP contribution is 2.38. The van der Waals surface area contributed by atoms with Crippen LogP contribution >= 0.6 is 0 Å². The lowest BCUT2D eigenvalue weighted by molar-refractivity contribution is 0.188. The molecule has 0 amide bonds. The summed E-state index contributed by atoms with van der Waals surface area (Å²) in [6, 6.07) is 6.47. The number of aryl methyl sites for hydroxylation is 1. The highest BCUT2D eigenvalue weighted by atomic mass is 32.2. The predicted octanol–water partition coefficient (Wildman–Crippen LogP) is 2.83. The molecule has 1 heterocycles. The quantitative estimate of drug-likeness (QED) is 0.772. The summed E-state index contributed by atoms with van der Waals surface area (Å²) < 4.78 is 30.5. The second kappa shape index (κ2) is 8.93. The molecule has 1 aromatic rings. The van der Waals surface area contributed by atoms with Crippen molar-refractivity contribution < 1.29 is 13.2 Å². The SMILES string of the molecule is COc1ccc2c(c1)CC(C(CCN)CC1CCN(S(C)(=O)=O)CC1)CC2. The molecule has 2 unspecified atom stereocenters. The maximum Gasteiger partial charge on any atom is 0.211 e. The summed E-state index contributed by atoms with van der Waals surface area (Å²) >= 11 is 0. The second-order valence-corrected chi connectivity index (χ2v) is 10.3. The van der Waals surface area contributed by atoms with Crippen LogP contribution in [0.5, 0.6) is 5.75 Å². The van der Waals surface area contributed by atoms with Crippen LogP contribution < -0.4 is 10.5 Å². The minimum absolute atomic E-state index is 0.617. The topological polar surface area (TPSA) is 72.6 Å². The molecular weight excluding hydrogens is 360 g/mol. The molecule has 1 fully saturated rings. The summed E-state index contributed by atoms with van der Waals surface area (Å²) in [5, 5.41) is 0. The van der Waals surface area contributed by atoms with Crippen LogP contribution in [0.15, 0.2) is 18.2 Å². The van der Waals surface area contributed by atoms with Crippen molar-refractivity contribution in [2.75, 3.05) is 33.0 Å². The molecule has 1 aliphatic carbocycles. The molecule has 3 rings (SSSR count). The maximum atomic E-state index is 11.7. The molecule has 0 spiro atoms. The van der Waals surface area contributed by atoms with Crippen LogP contribution in [-0.2, 0) is 22.9 Å². The predicted molar refractivity (Wildman–Crippen MR) is 109 cm³/mol. The molecule has 27 heavy (non-hydrogen) atoms. The average Bonchev–Trinajstić information content (AvgIpc) is 2.66. The fraction of sp³-hybridized carbons (Fsp3) is 0.714. The fourth-order valence-electron chi connectivity index (χ4n) is 4.96. The van der Waals surface area contributed by atoms with E-state index in [1.807, 2.05) is 0 Å². The number of piperidine rings is 1. The number of rotatable bonds is 7. The first-order chi connectivity index (χ1) is 12.9. The molecule has 1 saturated heterocycles. The highest BCUT2D eigenvalue weighted by molar-refractivity contribution is 7.88. The van der Waals surface area contributed by atoms with E-state index in [1.54, 1.807) is 11.4 Å². The number of hydrogen-bond acceptors (Lipinski definition) is 4. The lowest BCUT2D eigenvalue weighted by atomic mass is 9.72. The molecule has 5 nitrogen and oxygen atoms in total. The molecule has 0 bridgehead atoms. The molecular formula is C21H34N2O3S. The van der Waals surface area contributed by atoms with Crippen LogP contribution in [0.4, 0.5) is 0 Å². The average molecular weight is 395 g/mol. The number of nitrogens with two attached hydrogens (primary N) is 1. The number of benzene rings is 1. The number of ether oxygens (including phenoxy) is 1. The molecule has 0 saturated carbocycles. The third-order valence-corrected chi connectivity index (χ3v) is 7.87. The van der Waals surface area contributed by atoms with Crippen LogP contribution in [0.2, 0.25) is 0 Å². The molecule has 2 atom stereocenters. The lowest BCUT2D eigenvalue weighted by Crippen LogP contribution is -2.38. The van der Waals surface area contributed by atoms with Gasteiger partial charge in [-0.05, 0) is 92.5 Å². The Morgan fingerprint density at radius 3 is 2.59 bits per heavy atom.